The zero-order valence-corrected chi connectivity index (χ0v) is 14.8. The van der Waals surface area contributed by atoms with E-state index in [0.717, 1.165) is 31.2 Å². The van der Waals surface area contributed by atoms with Crippen molar-refractivity contribution in [3.8, 4) is 5.88 Å². The van der Waals surface area contributed by atoms with Crippen molar-refractivity contribution in [1.29, 1.82) is 0 Å². The summed E-state index contributed by atoms with van der Waals surface area (Å²) in [7, 11) is 1.83. The van der Waals surface area contributed by atoms with Crippen LogP contribution in [0.25, 0.3) is 0 Å². The summed E-state index contributed by atoms with van der Waals surface area (Å²) < 4.78 is 6.05. The molecular weight excluding hydrogens is 300 g/mol. The molecule has 5 nitrogen and oxygen atoms in total. The number of guanidine groups is 1. The first kappa shape index (κ1) is 17.1. The average Bonchev–Trinajstić information content (AvgIpc) is 3.13. The molecule has 0 unspecified atom stereocenters. The van der Waals surface area contributed by atoms with Crippen LogP contribution in [0, 0.1) is 0 Å². The number of pyridine rings is 1. The lowest BCUT2D eigenvalue weighted by Crippen LogP contribution is -2.41. The van der Waals surface area contributed by atoms with Crippen molar-refractivity contribution in [3.05, 3.63) is 23.9 Å². The summed E-state index contributed by atoms with van der Waals surface area (Å²) in [5.41, 5.74) is 1.17. The van der Waals surface area contributed by atoms with Crippen molar-refractivity contribution in [1.82, 2.24) is 15.6 Å². The third-order valence-electron chi connectivity index (χ3n) is 5.02. The van der Waals surface area contributed by atoms with E-state index in [4.69, 9.17) is 4.74 Å². The second kappa shape index (κ2) is 8.90. The molecule has 2 aliphatic rings. The second-order valence-corrected chi connectivity index (χ2v) is 6.93. The third-order valence-corrected chi connectivity index (χ3v) is 5.02. The lowest BCUT2D eigenvalue weighted by Gasteiger charge is -2.22. The predicted molar refractivity (Wildman–Crippen MR) is 97.3 cm³/mol. The second-order valence-electron chi connectivity index (χ2n) is 6.93. The highest BCUT2D eigenvalue weighted by Crippen LogP contribution is 2.22. The Labute approximate surface area is 145 Å². The summed E-state index contributed by atoms with van der Waals surface area (Å²) in [5, 5.41) is 6.91. The molecule has 1 aromatic rings. The van der Waals surface area contributed by atoms with E-state index in [1.165, 1.54) is 50.5 Å². The molecule has 24 heavy (non-hydrogen) atoms. The van der Waals surface area contributed by atoms with E-state index >= 15 is 0 Å². The van der Waals surface area contributed by atoms with E-state index in [-0.39, 0.29) is 0 Å². The maximum absolute atomic E-state index is 6.05. The Bertz CT molecular complexity index is 534. The van der Waals surface area contributed by atoms with Gasteiger partial charge in [-0.2, -0.15) is 0 Å². The van der Waals surface area contributed by atoms with Crippen LogP contribution >= 0.6 is 0 Å². The smallest absolute Gasteiger partial charge is 0.213 e. The molecule has 0 radical (unpaired) electrons. The molecule has 2 saturated carbocycles. The highest BCUT2D eigenvalue weighted by atomic mass is 16.5. The molecule has 0 spiro atoms. The van der Waals surface area contributed by atoms with Gasteiger partial charge in [-0.05, 0) is 50.2 Å². The minimum absolute atomic E-state index is 0.339. The van der Waals surface area contributed by atoms with E-state index in [0.29, 0.717) is 12.1 Å². The summed E-state index contributed by atoms with van der Waals surface area (Å²) >= 11 is 0. The van der Waals surface area contributed by atoms with E-state index in [1.807, 2.05) is 25.4 Å². The molecular formula is C19H30N4O. The number of aromatic nitrogens is 1. The van der Waals surface area contributed by atoms with Crippen LogP contribution in [-0.2, 0) is 6.54 Å². The molecule has 132 valence electrons. The zero-order valence-electron chi connectivity index (χ0n) is 14.8. The van der Waals surface area contributed by atoms with Crippen LogP contribution in [0.4, 0.5) is 0 Å². The minimum Gasteiger partial charge on any atom is -0.474 e. The number of aliphatic imine (C=N–C) groups is 1. The molecule has 2 N–H and O–H groups in total. The first-order valence-corrected chi connectivity index (χ1v) is 9.42. The van der Waals surface area contributed by atoms with Gasteiger partial charge >= 0.3 is 0 Å². The van der Waals surface area contributed by atoms with Crippen LogP contribution < -0.4 is 15.4 Å². The maximum Gasteiger partial charge on any atom is 0.213 e. The molecule has 2 aliphatic carbocycles. The number of nitrogens with one attached hydrogen (secondary N) is 2. The fourth-order valence-electron chi connectivity index (χ4n) is 3.62. The highest BCUT2D eigenvalue weighted by molar-refractivity contribution is 5.79. The van der Waals surface area contributed by atoms with Gasteiger partial charge in [-0.1, -0.05) is 19.3 Å². The van der Waals surface area contributed by atoms with Crippen molar-refractivity contribution < 1.29 is 4.74 Å². The van der Waals surface area contributed by atoms with Crippen molar-refractivity contribution in [3.63, 3.8) is 0 Å². The molecule has 5 heteroatoms. The van der Waals surface area contributed by atoms with Gasteiger partial charge in [0.15, 0.2) is 5.96 Å². The zero-order chi connectivity index (χ0) is 16.6. The molecule has 0 aromatic carbocycles. The van der Waals surface area contributed by atoms with Gasteiger partial charge in [0.2, 0.25) is 5.88 Å². The van der Waals surface area contributed by atoms with Gasteiger partial charge in [0, 0.05) is 31.9 Å². The monoisotopic (exact) mass is 330 g/mol. The van der Waals surface area contributed by atoms with Crippen LogP contribution in [0.2, 0.25) is 0 Å². The van der Waals surface area contributed by atoms with E-state index in [9.17, 15) is 0 Å². The van der Waals surface area contributed by atoms with E-state index < -0.39 is 0 Å². The summed E-state index contributed by atoms with van der Waals surface area (Å²) in [6, 6.07) is 4.65. The van der Waals surface area contributed by atoms with Gasteiger partial charge in [0.1, 0.15) is 6.10 Å². The summed E-state index contributed by atoms with van der Waals surface area (Å²) in [5.74, 6) is 1.63. The molecule has 1 aromatic heterocycles. The van der Waals surface area contributed by atoms with Crippen LogP contribution in [-0.4, -0.2) is 30.1 Å². The van der Waals surface area contributed by atoms with Gasteiger partial charge < -0.3 is 15.4 Å². The Morgan fingerprint density at radius 2 is 1.92 bits per heavy atom. The van der Waals surface area contributed by atoms with E-state index in [1.54, 1.807) is 0 Å². The van der Waals surface area contributed by atoms with Gasteiger partial charge in [-0.25, -0.2) is 4.98 Å². The molecule has 0 bridgehead atoms. The van der Waals surface area contributed by atoms with Crippen LogP contribution in [0.3, 0.4) is 0 Å². The number of rotatable bonds is 5. The average molecular weight is 330 g/mol. The first-order valence-electron chi connectivity index (χ1n) is 9.42. The Morgan fingerprint density at radius 1 is 1.17 bits per heavy atom. The van der Waals surface area contributed by atoms with Crippen LogP contribution in [0.1, 0.15) is 63.4 Å². The largest absolute Gasteiger partial charge is 0.474 e. The third kappa shape index (κ3) is 5.11. The van der Waals surface area contributed by atoms with Crippen molar-refractivity contribution in [2.75, 3.05) is 7.05 Å². The standard InChI is InChI=1S/C19H30N4O/c1-20-19(23-16-7-5-6-8-16)22-14-15-11-12-21-18(13-15)24-17-9-3-2-4-10-17/h11-13,16-17H,2-10,14H2,1H3,(H2,20,22,23). The summed E-state index contributed by atoms with van der Waals surface area (Å²) in [4.78, 5) is 8.70. The van der Waals surface area contributed by atoms with Crippen molar-refractivity contribution in [2.45, 2.75) is 76.5 Å². The Morgan fingerprint density at radius 3 is 2.67 bits per heavy atom. The Balaban J connectivity index is 1.49. The molecule has 0 saturated heterocycles. The fraction of sp³-hybridized carbons (Fsp3) is 0.684. The van der Waals surface area contributed by atoms with Gasteiger partial charge in [0.25, 0.3) is 0 Å². The molecule has 0 amide bonds. The molecule has 3 rings (SSSR count). The SMILES string of the molecule is CN=C(NCc1ccnc(OC2CCCCC2)c1)NC1CCCC1. The van der Waals surface area contributed by atoms with Crippen LogP contribution in [0.5, 0.6) is 5.88 Å². The van der Waals surface area contributed by atoms with E-state index in [2.05, 4.69) is 20.6 Å². The summed E-state index contributed by atoms with van der Waals surface area (Å²) in [6.07, 6.45) is 13.5. The first-order chi connectivity index (χ1) is 11.8. The van der Waals surface area contributed by atoms with Crippen LogP contribution in [0.15, 0.2) is 23.3 Å². The van der Waals surface area contributed by atoms with Gasteiger partial charge in [-0.15, -0.1) is 0 Å². The number of hydrogen-bond donors (Lipinski definition) is 2. The quantitative estimate of drug-likeness (QED) is 0.642. The predicted octanol–water partition coefficient (Wildman–Crippen LogP) is 3.40. The van der Waals surface area contributed by atoms with Crippen molar-refractivity contribution in [2.24, 2.45) is 4.99 Å². The number of hydrogen-bond acceptors (Lipinski definition) is 3. The Hall–Kier alpha value is -1.78. The minimum atomic E-state index is 0.339. The lowest BCUT2D eigenvalue weighted by molar-refractivity contribution is 0.148. The normalized spacial score (nSPS) is 20.1. The molecule has 0 atom stereocenters. The van der Waals surface area contributed by atoms with Gasteiger partial charge in [-0.3, -0.25) is 4.99 Å². The highest BCUT2D eigenvalue weighted by Gasteiger charge is 2.17. The summed E-state index contributed by atoms with van der Waals surface area (Å²) in [6.45, 7) is 0.732. The molecule has 2 fully saturated rings. The molecule has 0 aliphatic heterocycles. The molecule has 1 heterocycles. The lowest BCUT2D eigenvalue weighted by atomic mass is 9.98. The topological polar surface area (TPSA) is 58.5 Å². The number of nitrogens with zero attached hydrogens (tertiary/aromatic N) is 2. The Kier molecular flexibility index (Phi) is 6.33. The van der Waals surface area contributed by atoms with Gasteiger partial charge in [0.05, 0.1) is 0 Å². The fourth-order valence-corrected chi connectivity index (χ4v) is 3.62. The maximum atomic E-state index is 6.05. The van der Waals surface area contributed by atoms with Crippen molar-refractivity contribution >= 4 is 5.96 Å². The number of ether oxygens (including phenoxy) is 1.